The molecule has 19 nitrogen and oxygen atoms in total. The number of aliphatic hydroxyl groups is 10. The van der Waals surface area contributed by atoms with Crippen molar-refractivity contribution in [2.24, 2.45) is 33.5 Å². The molecule has 3 saturated carbocycles. The zero-order valence-corrected chi connectivity index (χ0v) is 39.3. The standard InChI is InChI=1S/C47H74O19/c1-20-29(50)32(53)34(55)37(60-20)64-36-31(52)24(62-38-35(56)33(54)30(51)23(18-48)61-38)19-59-39(36)63-27-12-14-43(6)22-17-26(49)47-40(57)66-45(8,28-11-13-41(2,3)65-28)46(47,58)16-15-44(47,7)21(22)9-10-25(43)42(27,4)5/h17,20-21,23-39,48-56,58H,9-16,18-19H2,1-8H3/t20-,21-,23-,24-,25+,26+,27+,28?,29-,30-,31+,32+,33+,34-,35-,36-,37+,38+,39+,43-,44+,45+,46+,47-/m1/s1. The highest BCUT2D eigenvalue weighted by atomic mass is 16.8. The van der Waals surface area contributed by atoms with Gasteiger partial charge in [-0.3, -0.25) is 4.79 Å². The molecule has 4 aliphatic carbocycles. The summed E-state index contributed by atoms with van der Waals surface area (Å²) < 4.78 is 49.3. The highest BCUT2D eigenvalue weighted by molar-refractivity contribution is 5.86. The number of esters is 1. The number of ether oxygens (including phenoxy) is 8. The molecule has 5 aliphatic heterocycles. The molecule has 9 rings (SSSR count). The zero-order chi connectivity index (χ0) is 48.1. The average molecular weight is 943 g/mol. The topological polar surface area (TPSA) is 293 Å². The van der Waals surface area contributed by atoms with Crippen LogP contribution in [0.3, 0.4) is 0 Å². The van der Waals surface area contributed by atoms with Gasteiger partial charge in [0.25, 0.3) is 0 Å². The van der Waals surface area contributed by atoms with Crippen molar-refractivity contribution in [3.05, 3.63) is 11.6 Å². The number of hydrogen-bond acceptors (Lipinski definition) is 19. The van der Waals surface area contributed by atoms with Crippen LogP contribution in [0.5, 0.6) is 0 Å². The van der Waals surface area contributed by atoms with E-state index in [1.54, 1.807) is 6.92 Å². The van der Waals surface area contributed by atoms with Crippen LogP contribution in [0.25, 0.3) is 0 Å². The minimum absolute atomic E-state index is 0.0255. The van der Waals surface area contributed by atoms with E-state index in [-0.39, 0.29) is 24.9 Å². The second kappa shape index (κ2) is 16.5. The molecule has 0 amide bonds. The molecule has 5 heterocycles. The maximum Gasteiger partial charge on any atom is 0.319 e. The summed E-state index contributed by atoms with van der Waals surface area (Å²) in [5, 5.41) is 111. The Morgan fingerprint density at radius 1 is 0.712 bits per heavy atom. The summed E-state index contributed by atoms with van der Waals surface area (Å²) in [5.74, 6) is -0.747. The average Bonchev–Trinajstić information content (AvgIpc) is 3.83. The van der Waals surface area contributed by atoms with E-state index in [1.165, 1.54) is 6.92 Å². The van der Waals surface area contributed by atoms with Crippen molar-refractivity contribution in [2.75, 3.05) is 13.2 Å². The first-order valence-electron chi connectivity index (χ1n) is 24.0. The van der Waals surface area contributed by atoms with Crippen LogP contribution >= 0.6 is 0 Å². The Morgan fingerprint density at radius 3 is 2.03 bits per heavy atom. The third-order valence-corrected chi connectivity index (χ3v) is 18.8. The van der Waals surface area contributed by atoms with Gasteiger partial charge in [0.05, 0.1) is 37.1 Å². The lowest BCUT2D eigenvalue weighted by atomic mass is 9.40. The molecular weight excluding hydrogens is 868 g/mol. The Hall–Kier alpha value is -1.47. The fourth-order valence-corrected chi connectivity index (χ4v) is 14.9. The van der Waals surface area contributed by atoms with Gasteiger partial charge in [0.15, 0.2) is 24.5 Å². The molecule has 8 fully saturated rings. The summed E-state index contributed by atoms with van der Waals surface area (Å²) >= 11 is 0. The van der Waals surface area contributed by atoms with Crippen molar-refractivity contribution in [3.63, 3.8) is 0 Å². The summed E-state index contributed by atoms with van der Waals surface area (Å²) in [6.07, 6.45) is -17.2. The first-order valence-corrected chi connectivity index (χ1v) is 24.0. The number of fused-ring (bicyclic) bond motifs is 4. The minimum atomic E-state index is -1.78. The van der Waals surface area contributed by atoms with Gasteiger partial charge >= 0.3 is 5.97 Å². The van der Waals surface area contributed by atoms with Gasteiger partial charge in [-0.05, 0) is 107 Å². The molecule has 10 N–H and O–H groups in total. The summed E-state index contributed by atoms with van der Waals surface area (Å²) in [6, 6.07) is 0. The predicted molar refractivity (Wildman–Crippen MR) is 225 cm³/mol. The third kappa shape index (κ3) is 6.80. The van der Waals surface area contributed by atoms with Crippen LogP contribution in [0, 0.1) is 33.5 Å². The van der Waals surface area contributed by atoms with Gasteiger partial charge in [-0.15, -0.1) is 0 Å². The smallest absolute Gasteiger partial charge is 0.319 e. The van der Waals surface area contributed by atoms with E-state index in [1.807, 2.05) is 19.9 Å². The SMILES string of the molecule is C[C@H]1O[C@@H](O[C@H]2[C@H](O[C@H]3CC[C@]4(C)C5=C[C@H](O)[C@]67C(=O)O[C@@](C)(C8CCC(C)(C)O8)[C@@]6(O)CC[C@@]7(C)[C@@H]5CC[C@H]4C3(C)C)OC[C@@H](O[C@@H]3O[C@H](CO)[C@@H](O)[C@H](O)[C@H]3O)[C@@H]2O)[C@H](O)[C@@H](O)[C@@H]1O. The second-order valence-corrected chi connectivity index (χ2v) is 23.0. The maximum atomic E-state index is 14.6. The normalized spacial score (nSPS) is 56.4. The van der Waals surface area contributed by atoms with Crippen molar-refractivity contribution < 1.29 is 93.8 Å². The molecule has 0 aromatic rings. The van der Waals surface area contributed by atoms with E-state index in [2.05, 4.69) is 27.7 Å². The number of cyclic esters (lactones) is 1. The highest BCUT2D eigenvalue weighted by Gasteiger charge is 2.87. The van der Waals surface area contributed by atoms with Crippen LogP contribution in [-0.4, -0.2) is 191 Å². The largest absolute Gasteiger partial charge is 0.453 e. The van der Waals surface area contributed by atoms with Crippen molar-refractivity contribution in [1.82, 2.24) is 0 Å². The molecule has 0 aromatic carbocycles. The van der Waals surface area contributed by atoms with E-state index >= 15 is 0 Å². The molecule has 5 saturated heterocycles. The van der Waals surface area contributed by atoms with E-state index in [9.17, 15) is 55.9 Å². The van der Waals surface area contributed by atoms with Gasteiger partial charge in [0.2, 0.25) is 0 Å². The van der Waals surface area contributed by atoms with Crippen LogP contribution in [0.15, 0.2) is 11.6 Å². The zero-order valence-electron chi connectivity index (χ0n) is 39.3. The quantitative estimate of drug-likeness (QED) is 0.0828. The molecule has 66 heavy (non-hydrogen) atoms. The van der Waals surface area contributed by atoms with Crippen molar-refractivity contribution in [2.45, 2.75) is 228 Å². The van der Waals surface area contributed by atoms with Gasteiger partial charge in [0, 0.05) is 0 Å². The number of hydrogen-bond donors (Lipinski definition) is 10. The van der Waals surface area contributed by atoms with Crippen LogP contribution in [-0.2, 0) is 42.7 Å². The first-order chi connectivity index (χ1) is 30.7. The first kappa shape index (κ1) is 49.5. The molecule has 24 atom stereocenters. The predicted octanol–water partition coefficient (Wildman–Crippen LogP) is -0.569. The Kier molecular flexibility index (Phi) is 12.4. The summed E-state index contributed by atoms with van der Waals surface area (Å²) in [6.45, 7) is 14.7. The van der Waals surface area contributed by atoms with Gasteiger partial charge < -0.3 is 89.0 Å². The van der Waals surface area contributed by atoms with E-state index in [4.69, 9.17) is 37.9 Å². The van der Waals surface area contributed by atoms with Gasteiger partial charge in [-0.1, -0.05) is 39.3 Å². The molecule has 0 radical (unpaired) electrons. The summed E-state index contributed by atoms with van der Waals surface area (Å²) in [5.41, 5.74) is -5.92. The van der Waals surface area contributed by atoms with Crippen LogP contribution in [0.2, 0.25) is 0 Å². The molecular formula is C47H74O19. The highest BCUT2D eigenvalue weighted by Crippen LogP contribution is 2.77. The molecule has 376 valence electrons. The molecule has 1 unspecified atom stereocenters. The van der Waals surface area contributed by atoms with Crippen molar-refractivity contribution in [3.8, 4) is 0 Å². The summed E-state index contributed by atoms with van der Waals surface area (Å²) in [4.78, 5) is 14.6. The molecule has 1 spiro atoms. The maximum absolute atomic E-state index is 14.6. The molecule has 0 aromatic heterocycles. The second-order valence-electron chi connectivity index (χ2n) is 23.0. The number of rotatable bonds is 8. The lowest BCUT2D eigenvalue weighted by Crippen LogP contribution is -2.69. The van der Waals surface area contributed by atoms with Gasteiger partial charge in [0.1, 0.15) is 78.2 Å². The minimum Gasteiger partial charge on any atom is -0.453 e. The van der Waals surface area contributed by atoms with Crippen LogP contribution < -0.4 is 0 Å². The number of aliphatic hydroxyl groups excluding tert-OH is 9. The fraction of sp³-hybridized carbons (Fsp3) is 0.936. The Morgan fingerprint density at radius 2 is 1.38 bits per heavy atom. The molecule has 9 aliphatic rings. The third-order valence-electron chi connectivity index (χ3n) is 18.8. The van der Waals surface area contributed by atoms with Gasteiger partial charge in [-0.2, -0.15) is 0 Å². The lowest BCUT2D eigenvalue weighted by Gasteiger charge is -2.64. The van der Waals surface area contributed by atoms with E-state index in [0.717, 1.165) is 18.4 Å². The van der Waals surface area contributed by atoms with Crippen molar-refractivity contribution >= 4 is 5.97 Å². The van der Waals surface area contributed by atoms with E-state index in [0.29, 0.717) is 32.1 Å². The number of carbonyl (C=O) groups is 1. The fourth-order valence-electron chi connectivity index (χ4n) is 14.9. The van der Waals surface area contributed by atoms with Gasteiger partial charge in [-0.25, -0.2) is 0 Å². The summed E-state index contributed by atoms with van der Waals surface area (Å²) in [7, 11) is 0. The molecule has 0 bridgehead atoms. The Labute approximate surface area is 385 Å². The lowest BCUT2D eigenvalue weighted by molar-refractivity contribution is -0.380. The van der Waals surface area contributed by atoms with Crippen LogP contribution in [0.4, 0.5) is 0 Å². The molecule has 19 heteroatoms. The Bertz CT molecular complexity index is 1880. The van der Waals surface area contributed by atoms with Crippen LogP contribution in [0.1, 0.15) is 107 Å². The number of allylic oxidation sites excluding steroid dienone is 1. The Balaban J connectivity index is 0.973. The van der Waals surface area contributed by atoms with E-state index < -0.39 is 155 Å². The van der Waals surface area contributed by atoms with Crippen molar-refractivity contribution in [1.29, 1.82) is 0 Å². The number of carbonyl (C=O) groups excluding carboxylic acids is 1. The monoisotopic (exact) mass is 942 g/mol.